The van der Waals surface area contributed by atoms with Gasteiger partial charge in [-0.3, -0.25) is 0 Å². The molecule has 1 aromatic rings. The van der Waals surface area contributed by atoms with E-state index in [0.717, 1.165) is 30.5 Å². The zero-order chi connectivity index (χ0) is 14.8. The second-order valence-electron chi connectivity index (χ2n) is 5.26. The Morgan fingerprint density at radius 1 is 1.20 bits per heavy atom. The monoisotopic (exact) mass is 280 g/mol. The van der Waals surface area contributed by atoms with Crippen LogP contribution in [0.2, 0.25) is 0 Å². The highest BCUT2D eigenvalue weighted by Crippen LogP contribution is 2.12. The van der Waals surface area contributed by atoms with Crippen molar-refractivity contribution >= 4 is 11.6 Å². The third-order valence-corrected chi connectivity index (χ3v) is 2.98. The molecule has 0 amide bonds. The summed E-state index contributed by atoms with van der Waals surface area (Å²) in [6, 6.07) is 1.93. The van der Waals surface area contributed by atoms with Crippen LogP contribution in [0.25, 0.3) is 0 Å². The summed E-state index contributed by atoms with van der Waals surface area (Å²) in [5.74, 6) is 3.18. The van der Waals surface area contributed by atoms with Gasteiger partial charge in [-0.1, -0.05) is 26.7 Å². The van der Waals surface area contributed by atoms with E-state index in [0.29, 0.717) is 19.0 Å². The van der Waals surface area contributed by atoms with Crippen LogP contribution in [0.5, 0.6) is 0 Å². The average molecular weight is 280 g/mol. The molecule has 0 saturated carbocycles. The summed E-state index contributed by atoms with van der Waals surface area (Å²) in [5, 5.41) is 6.42. The molecule has 0 saturated heterocycles. The van der Waals surface area contributed by atoms with Crippen LogP contribution in [0, 0.1) is 5.92 Å². The smallest absolute Gasteiger partial charge is 0.158 e. The molecule has 114 valence electrons. The Kier molecular flexibility index (Phi) is 7.95. The lowest BCUT2D eigenvalue weighted by atomic mass is 10.1. The Bertz CT molecular complexity index is 382. The van der Waals surface area contributed by atoms with Gasteiger partial charge < -0.3 is 15.4 Å². The molecule has 0 aliphatic carbocycles. The van der Waals surface area contributed by atoms with E-state index in [4.69, 9.17) is 4.74 Å². The van der Waals surface area contributed by atoms with Gasteiger partial charge in [0.25, 0.3) is 0 Å². The van der Waals surface area contributed by atoms with Crippen molar-refractivity contribution in [3.63, 3.8) is 0 Å². The highest BCUT2D eigenvalue weighted by Gasteiger charge is 2.04. The molecule has 20 heavy (non-hydrogen) atoms. The first kappa shape index (κ1) is 16.7. The van der Waals surface area contributed by atoms with Crippen LogP contribution in [-0.2, 0) is 11.3 Å². The van der Waals surface area contributed by atoms with E-state index in [9.17, 15) is 0 Å². The fraction of sp³-hybridized carbons (Fsp3) is 0.733. The maximum Gasteiger partial charge on any atom is 0.158 e. The molecule has 0 unspecified atom stereocenters. The predicted molar refractivity (Wildman–Crippen MR) is 84.1 cm³/mol. The number of hydrogen-bond acceptors (Lipinski definition) is 5. The molecule has 0 aliphatic rings. The van der Waals surface area contributed by atoms with E-state index in [1.165, 1.54) is 12.8 Å². The van der Waals surface area contributed by atoms with Crippen molar-refractivity contribution in [3.8, 4) is 0 Å². The van der Waals surface area contributed by atoms with Crippen LogP contribution < -0.4 is 10.6 Å². The van der Waals surface area contributed by atoms with Crippen molar-refractivity contribution in [1.29, 1.82) is 0 Å². The SMILES string of the molecule is CCOCc1nc(NC)cc(NCCCCC(C)C)n1. The highest BCUT2D eigenvalue weighted by molar-refractivity contribution is 5.47. The quantitative estimate of drug-likeness (QED) is 0.644. The zero-order valence-electron chi connectivity index (χ0n) is 13.2. The molecule has 5 nitrogen and oxygen atoms in total. The molecule has 5 heteroatoms. The van der Waals surface area contributed by atoms with Gasteiger partial charge in [0.2, 0.25) is 0 Å². The summed E-state index contributed by atoms with van der Waals surface area (Å²) in [7, 11) is 1.86. The highest BCUT2D eigenvalue weighted by atomic mass is 16.5. The Labute approximate surface area is 122 Å². The Balaban J connectivity index is 2.46. The van der Waals surface area contributed by atoms with Gasteiger partial charge >= 0.3 is 0 Å². The summed E-state index contributed by atoms with van der Waals surface area (Å²) in [6.07, 6.45) is 3.70. The summed E-state index contributed by atoms with van der Waals surface area (Å²) >= 11 is 0. The minimum Gasteiger partial charge on any atom is -0.374 e. The molecule has 1 heterocycles. The standard InChI is InChI=1S/C15H28N4O/c1-5-20-11-15-18-13(16-4)10-14(19-15)17-9-7-6-8-12(2)3/h10,12H,5-9,11H2,1-4H3,(H2,16,17,18,19). The summed E-state index contributed by atoms with van der Waals surface area (Å²) in [5.41, 5.74) is 0. The number of aromatic nitrogens is 2. The Hall–Kier alpha value is -1.36. The molecule has 0 aromatic carbocycles. The fourth-order valence-electron chi connectivity index (χ4n) is 1.87. The molecule has 1 aromatic heterocycles. The molecule has 0 radical (unpaired) electrons. The molecule has 2 N–H and O–H groups in total. The summed E-state index contributed by atoms with van der Waals surface area (Å²) in [4.78, 5) is 8.83. The van der Waals surface area contributed by atoms with Crippen molar-refractivity contribution in [3.05, 3.63) is 11.9 Å². The first-order valence-electron chi connectivity index (χ1n) is 7.53. The van der Waals surface area contributed by atoms with Gasteiger partial charge in [0, 0.05) is 26.3 Å². The van der Waals surface area contributed by atoms with Gasteiger partial charge in [-0.2, -0.15) is 0 Å². The number of unbranched alkanes of at least 4 members (excludes halogenated alkanes) is 1. The zero-order valence-corrected chi connectivity index (χ0v) is 13.2. The number of anilines is 2. The molecule has 0 spiro atoms. The second kappa shape index (κ2) is 9.53. The number of hydrogen-bond donors (Lipinski definition) is 2. The van der Waals surface area contributed by atoms with E-state index in [-0.39, 0.29) is 0 Å². The topological polar surface area (TPSA) is 59.1 Å². The number of nitrogens with zero attached hydrogens (tertiary/aromatic N) is 2. The summed E-state index contributed by atoms with van der Waals surface area (Å²) < 4.78 is 5.36. The maximum atomic E-state index is 5.36. The van der Waals surface area contributed by atoms with Gasteiger partial charge in [-0.15, -0.1) is 0 Å². The van der Waals surface area contributed by atoms with Crippen molar-refractivity contribution < 1.29 is 4.74 Å². The van der Waals surface area contributed by atoms with Crippen molar-refractivity contribution in [2.24, 2.45) is 5.92 Å². The van der Waals surface area contributed by atoms with Gasteiger partial charge in [0.15, 0.2) is 5.82 Å². The van der Waals surface area contributed by atoms with E-state index < -0.39 is 0 Å². The third kappa shape index (κ3) is 6.70. The second-order valence-corrected chi connectivity index (χ2v) is 5.26. The molecular weight excluding hydrogens is 252 g/mol. The van der Waals surface area contributed by atoms with E-state index in [2.05, 4.69) is 34.4 Å². The molecular formula is C15H28N4O. The first-order chi connectivity index (χ1) is 9.65. The first-order valence-corrected chi connectivity index (χ1v) is 7.53. The van der Waals surface area contributed by atoms with Gasteiger partial charge in [0.05, 0.1) is 0 Å². The minimum absolute atomic E-state index is 0.452. The lowest BCUT2D eigenvalue weighted by Gasteiger charge is -2.10. The largest absolute Gasteiger partial charge is 0.374 e. The lowest BCUT2D eigenvalue weighted by Crippen LogP contribution is -2.09. The van der Waals surface area contributed by atoms with Crippen LogP contribution in [0.3, 0.4) is 0 Å². The van der Waals surface area contributed by atoms with E-state index >= 15 is 0 Å². The third-order valence-electron chi connectivity index (χ3n) is 2.98. The molecule has 0 bridgehead atoms. The molecule has 0 fully saturated rings. The molecule has 0 atom stereocenters. The molecule has 0 aliphatic heterocycles. The van der Waals surface area contributed by atoms with Crippen molar-refractivity contribution in [2.45, 2.75) is 46.6 Å². The Morgan fingerprint density at radius 3 is 2.60 bits per heavy atom. The number of ether oxygens (including phenoxy) is 1. The van der Waals surface area contributed by atoms with Crippen LogP contribution in [0.15, 0.2) is 6.07 Å². The fourth-order valence-corrected chi connectivity index (χ4v) is 1.87. The normalized spacial score (nSPS) is 10.8. The maximum absolute atomic E-state index is 5.36. The minimum atomic E-state index is 0.452. The molecule has 1 rings (SSSR count). The number of rotatable bonds is 10. The lowest BCUT2D eigenvalue weighted by molar-refractivity contribution is 0.128. The van der Waals surface area contributed by atoms with Crippen molar-refractivity contribution in [2.75, 3.05) is 30.8 Å². The van der Waals surface area contributed by atoms with Gasteiger partial charge in [-0.25, -0.2) is 9.97 Å². The predicted octanol–water partition coefficient (Wildman–Crippen LogP) is 3.29. The van der Waals surface area contributed by atoms with E-state index in [1.807, 2.05) is 20.0 Å². The Morgan fingerprint density at radius 2 is 1.95 bits per heavy atom. The van der Waals surface area contributed by atoms with Crippen LogP contribution in [0.4, 0.5) is 11.6 Å². The van der Waals surface area contributed by atoms with Crippen LogP contribution >= 0.6 is 0 Å². The summed E-state index contributed by atoms with van der Waals surface area (Å²) in [6.45, 7) is 8.56. The van der Waals surface area contributed by atoms with Crippen LogP contribution in [0.1, 0.15) is 45.9 Å². The van der Waals surface area contributed by atoms with Crippen molar-refractivity contribution in [1.82, 2.24) is 9.97 Å². The van der Waals surface area contributed by atoms with E-state index in [1.54, 1.807) is 0 Å². The van der Waals surface area contributed by atoms with Crippen LogP contribution in [-0.4, -0.2) is 30.2 Å². The number of nitrogens with one attached hydrogen (secondary N) is 2. The average Bonchev–Trinajstić information content (AvgIpc) is 2.44. The van der Waals surface area contributed by atoms with Gasteiger partial charge in [-0.05, 0) is 19.3 Å². The van der Waals surface area contributed by atoms with Gasteiger partial charge in [0.1, 0.15) is 18.2 Å².